The number of rotatable bonds is 9. The second-order valence-corrected chi connectivity index (χ2v) is 8.27. The Morgan fingerprint density at radius 3 is 1.88 bits per heavy atom. The number of hydrogen-bond acceptors (Lipinski definition) is 2. The van der Waals surface area contributed by atoms with E-state index in [1.54, 1.807) is 0 Å². The molecule has 25 heavy (non-hydrogen) atoms. The summed E-state index contributed by atoms with van der Waals surface area (Å²) in [7, 11) is 0. The molecule has 2 heteroatoms. The minimum atomic E-state index is -0.390. The Morgan fingerprint density at radius 1 is 0.800 bits per heavy atom. The van der Waals surface area contributed by atoms with Gasteiger partial charge in [0.15, 0.2) is 0 Å². The van der Waals surface area contributed by atoms with Crippen LogP contribution in [0.1, 0.15) is 75.2 Å². The molecule has 0 radical (unpaired) electrons. The maximum absolute atomic E-state index is 10.7. The molecule has 0 aliphatic heterocycles. The average molecular weight is 357 g/mol. The highest BCUT2D eigenvalue weighted by atomic mass is 32.2. The van der Waals surface area contributed by atoms with Crippen LogP contribution in [-0.2, 0) is 0 Å². The molecule has 2 aromatic rings. The van der Waals surface area contributed by atoms with Crippen LogP contribution in [0.2, 0.25) is 0 Å². The Hall–Kier alpha value is -1.25. The van der Waals surface area contributed by atoms with Gasteiger partial charge in [0.05, 0.1) is 6.10 Å². The molecule has 2 rings (SSSR count). The van der Waals surface area contributed by atoms with Crippen LogP contribution in [0, 0.1) is 6.92 Å². The van der Waals surface area contributed by atoms with E-state index in [-0.39, 0.29) is 0 Å². The fraction of sp³-hybridized carbons (Fsp3) is 0.478. The third-order valence-electron chi connectivity index (χ3n) is 5.04. The van der Waals surface area contributed by atoms with E-state index in [1.165, 1.54) is 28.9 Å². The molecule has 2 unspecified atom stereocenters. The van der Waals surface area contributed by atoms with Gasteiger partial charge in [0.2, 0.25) is 0 Å². The van der Waals surface area contributed by atoms with Gasteiger partial charge in [-0.2, -0.15) is 0 Å². The van der Waals surface area contributed by atoms with Gasteiger partial charge in [-0.25, -0.2) is 0 Å². The van der Waals surface area contributed by atoms with Gasteiger partial charge in [-0.05, 0) is 61.8 Å². The Morgan fingerprint density at radius 2 is 1.36 bits per heavy atom. The Balaban J connectivity index is 1.98. The molecular formula is C23H32OS. The molecule has 0 bridgehead atoms. The van der Waals surface area contributed by atoms with Crippen molar-refractivity contribution in [2.24, 2.45) is 0 Å². The predicted molar refractivity (Wildman–Crippen MR) is 110 cm³/mol. The topological polar surface area (TPSA) is 20.2 Å². The zero-order valence-corrected chi connectivity index (χ0v) is 16.9. The quantitative estimate of drug-likeness (QED) is 0.493. The Kier molecular flexibility index (Phi) is 8.05. The lowest BCUT2D eigenvalue weighted by atomic mass is 9.92. The van der Waals surface area contributed by atoms with Crippen molar-refractivity contribution < 1.29 is 5.11 Å². The van der Waals surface area contributed by atoms with Crippen molar-refractivity contribution in [2.45, 2.75) is 75.5 Å². The lowest BCUT2D eigenvalue weighted by molar-refractivity contribution is 0.166. The molecule has 0 fully saturated rings. The Bertz CT molecular complexity index is 614. The summed E-state index contributed by atoms with van der Waals surface area (Å²) in [5, 5.41) is 11.1. The van der Waals surface area contributed by atoms with Crippen LogP contribution < -0.4 is 0 Å². The zero-order valence-electron chi connectivity index (χ0n) is 16.0. The van der Waals surface area contributed by atoms with Crippen LogP contribution in [0.15, 0.2) is 53.4 Å². The average Bonchev–Trinajstić information content (AvgIpc) is 2.64. The molecule has 1 N–H and O–H groups in total. The molecule has 136 valence electrons. The predicted octanol–water partition coefficient (Wildman–Crippen LogP) is 6.89. The summed E-state index contributed by atoms with van der Waals surface area (Å²) in [6.45, 7) is 8.80. The normalized spacial score (nSPS) is 13.8. The van der Waals surface area contributed by atoms with Crippen molar-refractivity contribution in [1.29, 1.82) is 0 Å². The standard InChI is InChI=1S/C23H32OS/c1-5-18(6-2)19-10-12-20(13-11-19)23(24)16-21(7-3)25-22-14-8-17(4)9-15-22/h8-15,18,21,23-24H,5-7,16H2,1-4H3. The monoisotopic (exact) mass is 356 g/mol. The van der Waals surface area contributed by atoms with Crippen molar-refractivity contribution in [2.75, 3.05) is 0 Å². The van der Waals surface area contributed by atoms with Gasteiger partial charge >= 0.3 is 0 Å². The maximum atomic E-state index is 10.7. The fourth-order valence-corrected chi connectivity index (χ4v) is 4.37. The van der Waals surface area contributed by atoms with Crippen LogP contribution in [0.5, 0.6) is 0 Å². The van der Waals surface area contributed by atoms with Crippen LogP contribution in [0.3, 0.4) is 0 Å². The molecule has 0 saturated carbocycles. The number of thioether (sulfide) groups is 1. The summed E-state index contributed by atoms with van der Waals surface area (Å²) in [5.41, 5.74) is 3.72. The summed E-state index contributed by atoms with van der Waals surface area (Å²) in [4.78, 5) is 1.29. The van der Waals surface area contributed by atoms with E-state index in [2.05, 4.69) is 76.2 Å². The maximum Gasteiger partial charge on any atom is 0.0800 e. The molecular weight excluding hydrogens is 324 g/mol. The van der Waals surface area contributed by atoms with Gasteiger partial charge < -0.3 is 5.11 Å². The van der Waals surface area contributed by atoms with Crippen molar-refractivity contribution in [3.05, 3.63) is 65.2 Å². The molecule has 0 aromatic heterocycles. The van der Waals surface area contributed by atoms with Gasteiger partial charge in [-0.3, -0.25) is 0 Å². The minimum Gasteiger partial charge on any atom is -0.388 e. The molecule has 0 amide bonds. The lowest BCUT2D eigenvalue weighted by Gasteiger charge is -2.20. The third kappa shape index (κ3) is 5.90. The highest BCUT2D eigenvalue weighted by Gasteiger charge is 2.16. The molecule has 0 spiro atoms. The first kappa shape index (κ1) is 20.1. The second kappa shape index (κ2) is 10.0. The largest absolute Gasteiger partial charge is 0.388 e. The molecule has 2 atom stereocenters. The molecule has 0 aliphatic rings. The number of benzene rings is 2. The first-order valence-corrected chi connectivity index (χ1v) is 10.5. The summed E-state index contributed by atoms with van der Waals surface area (Å²) >= 11 is 1.88. The fourth-order valence-electron chi connectivity index (χ4n) is 3.24. The van der Waals surface area contributed by atoms with Crippen LogP contribution in [0.25, 0.3) is 0 Å². The van der Waals surface area contributed by atoms with E-state index in [0.717, 1.165) is 18.4 Å². The van der Waals surface area contributed by atoms with Crippen molar-refractivity contribution in [3.63, 3.8) is 0 Å². The van der Waals surface area contributed by atoms with E-state index in [1.807, 2.05) is 11.8 Å². The van der Waals surface area contributed by atoms with E-state index in [4.69, 9.17) is 0 Å². The molecule has 0 heterocycles. The van der Waals surface area contributed by atoms with E-state index in [9.17, 15) is 5.11 Å². The van der Waals surface area contributed by atoms with Crippen LogP contribution >= 0.6 is 11.8 Å². The van der Waals surface area contributed by atoms with Crippen LogP contribution in [0.4, 0.5) is 0 Å². The smallest absolute Gasteiger partial charge is 0.0800 e. The van der Waals surface area contributed by atoms with Gasteiger partial charge in [-0.1, -0.05) is 62.7 Å². The summed E-state index contributed by atoms with van der Waals surface area (Å²) < 4.78 is 0. The van der Waals surface area contributed by atoms with Gasteiger partial charge in [0, 0.05) is 10.1 Å². The highest BCUT2D eigenvalue weighted by Crippen LogP contribution is 2.33. The minimum absolute atomic E-state index is 0.390. The Labute approximate surface area is 157 Å². The molecule has 0 aliphatic carbocycles. The second-order valence-electron chi connectivity index (χ2n) is 6.89. The van der Waals surface area contributed by atoms with Crippen molar-refractivity contribution in [3.8, 4) is 0 Å². The first-order chi connectivity index (χ1) is 12.1. The summed E-state index contributed by atoms with van der Waals surface area (Å²) in [6, 6.07) is 17.3. The number of hydrogen-bond donors (Lipinski definition) is 1. The van der Waals surface area contributed by atoms with E-state index < -0.39 is 6.10 Å². The zero-order chi connectivity index (χ0) is 18.2. The van der Waals surface area contributed by atoms with Gasteiger partial charge in [0.25, 0.3) is 0 Å². The molecule has 0 saturated heterocycles. The number of aliphatic hydroxyl groups is 1. The van der Waals surface area contributed by atoms with Gasteiger partial charge in [-0.15, -0.1) is 11.8 Å². The number of aryl methyl sites for hydroxylation is 1. The van der Waals surface area contributed by atoms with E-state index in [0.29, 0.717) is 11.2 Å². The van der Waals surface area contributed by atoms with Crippen LogP contribution in [-0.4, -0.2) is 10.4 Å². The third-order valence-corrected chi connectivity index (χ3v) is 6.45. The molecule has 2 aromatic carbocycles. The summed E-state index contributed by atoms with van der Waals surface area (Å²) in [5.74, 6) is 0.631. The van der Waals surface area contributed by atoms with E-state index >= 15 is 0 Å². The summed E-state index contributed by atoms with van der Waals surface area (Å²) in [6.07, 6.45) is 3.80. The number of aliphatic hydroxyl groups excluding tert-OH is 1. The van der Waals surface area contributed by atoms with Crippen molar-refractivity contribution >= 4 is 11.8 Å². The SMILES string of the molecule is CCC(CC(O)c1ccc(C(CC)CC)cc1)Sc1ccc(C)cc1. The van der Waals surface area contributed by atoms with Gasteiger partial charge in [0.1, 0.15) is 0 Å². The molecule has 1 nitrogen and oxygen atoms in total. The van der Waals surface area contributed by atoms with Crippen molar-refractivity contribution in [1.82, 2.24) is 0 Å². The highest BCUT2D eigenvalue weighted by molar-refractivity contribution is 8.00. The lowest BCUT2D eigenvalue weighted by Crippen LogP contribution is -2.09. The first-order valence-electron chi connectivity index (χ1n) is 9.58.